The lowest BCUT2D eigenvalue weighted by Gasteiger charge is -2.46. The number of nitro benzene ring substituents is 1. The van der Waals surface area contributed by atoms with Crippen molar-refractivity contribution < 1.29 is 38.7 Å². The molecule has 3 aliphatic heterocycles. The van der Waals surface area contributed by atoms with Crippen LogP contribution in [-0.4, -0.2) is 49.8 Å². The Balaban J connectivity index is 1.19. The van der Waals surface area contributed by atoms with Crippen molar-refractivity contribution in [3.05, 3.63) is 196 Å². The maximum absolute atomic E-state index is 16.1. The van der Waals surface area contributed by atoms with Gasteiger partial charge in [0.15, 0.2) is 5.13 Å². The topological polar surface area (TPSA) is 182 Å². The molecule has 2 fully saturated rings. The molecule has 0 radical (unpaired) electrons. The minimum atomic E-state index is -2.02. The summed E-state index contributed by atoms with van der Waals surface area (Å²) in [5.41, 5.74) is 1.20. The van der Waals surface area contributed by atoms with Crippen molar-refractivity contribution in [3.8, 4) is 5.75 Å². The molecule has 63 heavy (non-hydrogen) atoms. The zero-order valence-corrected chi connectivity index (χ0v) is 33.8. The third-order valence-corrected chi connectivity index (χ3v) is 13.0. The van der Waals surface area contributed by atoms with Gasteiger partial charge in [-0.2, -0.15) is 0 Å². The Kier molecular flexibility index (Phi) is 9.76. The van der Waals surface area contributed by atoms with Crippen LogP contribution < -0.4 is 10.2 Å². The molecule has 2 N–H and O–H groups in total. The number of aromatic nitrogens is 1. The quantitative estimate of drug-likeness (QED) is 0.0849. The van der Waals surface area contributed by atoms with Crippen molar-refractivity contribution in [3.63, 3.8) is 0 Å². The van der Waals surface area contributed by atoms with E-state index in [2.05, 4.69) is 10.3 Å². The number of nitro groups is 1. The molecule has 1 spiro atoms. The smallest absolute Gasteiger partial charge is 0.421 e. The van der Waals surface area contributed by atoms with E-state index in [1.807, 2.05) is 89.8 Å². The van der Waals surface area contributed by atoms with Crippen molar-refractivity contribution in [1.29, 1.82) is 0 Å². The van der Waals surface area contributed by atoms with Gasteiger partial charge in [0.1, 0.15) is 29.9 Å². The van der Waals surface area contributed by atoms with Crippen LogP contribution in [0.4, 0.5) is 21.3 Å². The summed E-state index contributed by atoms with van der Waals surface area (Å²) in [5, 5.41) is 25.1. The largest absolute Gasteiger partial charge is 0.508 e. The van der Waals surface area contributed by atoms with Crippen molar-refractivity contribution in [2.75, 3.05) is 10.2 Å². The number of hydrogen-bond donors (Lipinski definition) is 2. The van der Waals surface area contributed by atoms with Gasteiger partial charge < -0.3 is 19.9 Å². The Bertz CT molecular complexity index is 2900. The lowest BCUT2D eigenvalue weighted by Crippen LogP contribution is -2.54. The number of anilines is 2. The number of aromatic hydroxyl groups is 1. The van der Waals surface area contributed by atoms with Gasteiger partial charge in [-0.15, -0.1) is 0 Å². The number of carbonyl (C=O) groups is 4. The molecule has 0 saturated carbocycles. The predicted octanol–water partition coefficient (Wildman–Crippen LogP) is 8.55. The molecule has 4 heterocycles. The number of rotatable bonds is 8. The molecular formula is C48H35N5O9S. The molecule has 15 heteroatoms. The summed E-state index contributed by atoms with van der Waals surface area (Å²) in [6.07, 6.45) is -1.98. The number of thiazole rings is 1. The van der Waals surface area contributed by atoms with E-state index in [1.165, 1.54) is 47.7 Å². The van der Waals surface area contributed by atoms with Gasteiger partial charge in [-0.1, -0.05) is 114 Å². The van der Waals surface area contributed by atoms with Crippen molar-refractivity contribution in [2.24, 2.45) is 5.92 Å². The second-order valence-corrected chi connectivity index (χ2v) is 16.5. The first-order valence-corrected chi connectivity index (χ1v) is 20.8. The third-order valence-electron chi connectivity index (χ3n) is 12.1. The maximum Gasteiger partial charge on any atom is 0.421 e. The van der Waals surface area contributed by atoms with E-state index in [0.29, 0.717) is 22.2 Å². The van der Waals surface area contributed by atoms with Crippen molar-refractivity contribution >= 4 is 61.9 Å². The summed E-state index contributed by atoms with van der Waals surface area (Å²) in [4.78, 5) is 79.4. The molecule has 0 aliphatic carbocycles. The van der Waals surface area contributed by atoms with Crippen LogP contribution in [-0.2, 0) is 35.9 Å². The molecule has 2 saturated heterocycles. The molecule has 6 unspecified atom stereocenters. The third kappa shape index (κ3) is 6.47. The van der Waals surface area contributed by atoms with Crippen LogP contribution in [0, 0.1) is 16.0 Å². The highest BCUT2D eigenvalue weighted by molar-refractivity contribution is 7.22. The number of phenolic OH excluding ortho intramolecular Hbond substituents is 1. The molecule has 6 aromatic carbocycles. The fraction of sp³-hybridized carbons (Fsp3) is 0.146. The van der Waals surface area contributed by atoms with E-state index in [-0.39, 0.29) is 34.4 Å². The molecule has 0 bridgehead atoms. The normalized spacial score (nSPS) is 22.7. The van der Waals surface area contributed by atoms with Gasteiger partial charge in [0.05, 0.1) is 38.8 Å². The van der Waals surface area contributed by atoms with Crippen molar-refractivity contribution in [2.45, 2.75) is 36.3 Å². The van der Waals surface area contributed by atoms with Crippen LogP contribution in [0.2, 0.25) is 0 Å². The summed E-state index contributed by atoms with van der Waals surface area (Å²) >= 11 is 1.23. The number of esters is 1. The van der Waals surface area contributed by atoms with Crippen LogP contribution in [0.1, 0.15) is 46.0 Å². The fourth-order valence-electron chi connectivity index (χ4n) is 9.53. The second-order valence-electron chi connectivity index (χ2n) is 15.5. The average molecular weight is 858 g/mol. The van der Waals surface area contributed by atoms with E-state index in [0.717, 1.165) is 15.2 Å². The first kappa shape index (κ1) is 39.4. The Labute approximate surface area is 363 Å². The van der Waals surface area contributed by atoms with E-state index in [9.17, 15) is 20.0 Å². The summed E-state index contributed by atoms with van der Waals surface area (Å²) in [5.74, 6) is -3.91. The molecule has 14 nitrogen and oxygen atoms in total. The first-order valence-electron chi connectivity index (χ1n) is 20.0. The molecule has 312 valence electrons. The predicted molar refractivity (Wildman–Crippen MR) is 232 cm³/mol. The number of nitrogens with zero attached hydrogens (tertiary/aromatic N) is 4. The number of morpholine rings is 1. The van der Waals surface area contributed by atoms with Gasteiger partial charge in [0.2, 0.25) is 11.8 Å². The highest BCUT2D eigenvalue weighted by Crippen LogP contribution is 2.66. The van der Waals surface area contributed by atoms with Gasteiger partial charge in [-0.25, -0.2) is 14.7 Å². The zero-order chi connectivity index (χ0) is 43.4. The number of nitrogens with one attached hydrogen (secondary N) is 1. The molecule has 3 amide bonds. The molecule has 6 atom stereocenters. The standard InChI is InChI=1S/C48H35N5O9S/c54-33-25-21-31(22-26-33)42-48(34-15-7-9-17-36(34)51(45(48)57)47(58)61-27-28-19-23-32(24-20-28)53(59)60)38(43(55)50-46-49-35-16-8-10-18-37(35)63-46)40-44(56)62-41(30-13-5-2-6-14-30)39(52(40)42)29-11-3-1-4-12-29/h1-26,38-42,54H,27H2,(H,49,50,55). The number of imide groups is 1. The minimum absolute atomic E-state index is 0.0538. The molecule has 1 aromatic heterocycles. The van der Waals surface area contributed by atoms with E-state index < -0.39 is 64.4 Å². The second kappa shape index (κ2) is 15.6. The number of amides is 3. The molecular weight excluding hydrogens is 823 g/mol. The Morgan fingerprint density at radius 1 is 0.794 bits per heavy atom. The fourth-order valence-corrected chi connectivity index (χ4v) is 10.4. The molecule has 3 aliphatic rings. The van der Waals surface area contributed by atoms with Crippen molar-refractivity contribution in [1.82, 2.24) is 9.88 Å². The number of para-hydroxylation sites is 2. The number of hydrogen-bond acceptors (Lipinski definition) is 12. The zero-order valence-electron chi connectivity index (χ0n) is 33.0. The Morgan fingerprint density at radius 3 is 2.14 bits per heavy atom. The lowest BCUT2D eigenvalue weighted by molar-refractivity contribution is -0.384. The van der Waals surface area contributed by atoms with Crippen LogP contribution in [0.25, 0.3) is 10.2 Å². The van der Waals surface area contributed by atoms with Crippen LogP contribution >= 0.6 is 11.3 Å². The number of benzene rings is 6. The number of phenols is 1. The van der Waals surface area contributed by atoms with Crippen LogP contribution in [0.3, 0.4) is 0 Å². The van der Waals surface area contributed by atoms with Gasteiger partial charge in [-0.05, 0) is 70.3 Å². The van der Waals surface area contributed by atoms with Gasteiger partial charge in [0.25, 0.3) is 5.69 Å². The summed E-state index contributed by atoms with van der Waals surface area (Å²) in [6, 6.07) is 40.9. The number of fused-ring (bicyclic) bond motifs is 4. The average Bonchev–Trinajstić information content (AvgIpc) is 3.95. The molecule has 10 rings (SSSR count). The highest BCUT2D eigenvalue weighted by Gasteiger charge is 2.75. The lowest BCUT2D eigenvalue weighted by atomic mass is 9.65. The highest BCUT2D eigenvalue weighted by atomic mass is 32.1. The van der Waals surface area contributed by atoms with E-state index in [4.69, 9.17) is 9.47 Å². The maximum atomic E-state index is 16.1. The molecule has 7 aromatic rings. The Morgan fingerprint density at radius 2 is 1.44 bits per heavy atom. The summed E-state index contributed by atoms with van der Waals surface area (Å²) in [7, 11) is 0. The van der Waals surface area contributed by atoms with Gasteiger partial charge >= 0.3 is 12.1 Å². The van der Waals surface area contributed by atoms with Gasteiger partial charge in [0, 0.05) is 12.1 Å². The Hall–Kier alpha value is -7.75. The minimum Gasteiger partial charge on any atom is -0.508 e. The van der Waals surface area contributed by atoms with Crippen LogP contribution in [0.5, 0.6) is 5.75 Å². The number of ether oxygens (including phenoxy) is 2. The number of cyclic esters (lactones) is 1. The van der Waals surface area contributed by atoms with E-state index >= 15 is 14.4 Å². The van der Waals surface area contributed by atoms with E-state index in [1.54, 1.807) is 36.4 Å². The monoisotopic (exact) mass is 857 g/mol. The van der Waals surface area contributed by atoms with Crippen LogP contribution in [0.15, 0.2) is 158 Å². The number of carbonyl (C=O) groups excluding carboxylic acids is 4. The summed E-state index contributed by atoms with van der Waals surface area (Å²) < 4.78 is 13.1. The van der Waals surface area contributed by atoms with Gasteiger partial charge in [-0.3, -0.25) is 29.4 Å². The summed E-state index contributed by atoms with van der Waals surface area (Å²) in [6.45, 7) is -0.339. The first-order chi connectivity index (χ1) is 30.6. The SMILES string of the molecule is O=C1OC(c2ccccc2)C(c2ccccc2)N2C1C(C(=O)Nc1nc3ccccc3s1)C1(C(=O)N(C(=O)OCc3ccc([N+](=O)[O-])cc3)c3ccccc31)C2c1ccc(O)cc1. The number of non-ortho nitro benzene ring substituents is 1.